The van der Waals surface area contributed by atoms with Gasteiger partial charge in [-0.15, -0.1) is 0 Å². The molecule has 0 aromatic heterocycles. The number of carbonyl (C=O) groups excluding carboxylic acids is 1. The minimum atomic E-state index is -0.123. The van der Waals surface area contributed by atoms with Crippen molar-refractivity contribution in [3.8, 4) is 0 Å². The van der Waals surface area contributed by atoms with Gasteiger partial charge in [-0.3, -0.25) is 4.79 Å². The van der Waals surface area contributed by atoms with E-state index in [4.69, 9.17) is 4.74 Å². The molecule has 3 fully saturated rings. The summed E-state index contributed by atoms with van der Waals surface area (Å²) < 4.78 is 5.75. The molecule has 0 aromatic rings. The Morgan fingerprint density at radius 3 is 2.63 bits per heavy atom. The molecule has 4 aliphatic rings. The van der Waals surface area contributed by atoms with Crippen molar-refractivity contribution in [2.75, 3.05) is 0 Å². The molecule has 3 saturated carbocycles. The monoisotopic (exact) mass is 262 g/mol. The van der Waals surface area contributed by atoms with Crippen molar-refractivity contribution in [2.24, 2.45) is 22.2 Å². The number of rotatable bonds is 1. The third kappa shape index (κ3) is 1.41. The van der Waals surface area contributed by atoms with Crippen LogP contribution in [-0.2, 0) is 9.53 Å². The van der Waals surface area contributed by atoms with Gasteiger partial charge in [0.25, 0.3) is 0 Å². The van der Waals surface area contributed by atoms with Gasteiger partial charge in [-0.2, -0.15) is 0 Å². The lowest BCUT2D eigenvalue weighted by Crippen LogP contribution is -2.61. The second-order valence-electron chi connectivity index (χ2n) is 7.76. The molecule has 19 heavy (non-hydrogen) atoms. The molecular formula is C17H26O2. The van der Waals surface area contributed by atoms with Crippen LogP contribution in [0.2, 0.25) is 0 Å². The molecule has 4 atom stereocenters. The Bertz CT molecular complexity index is 462. The van der Waals surface area contributed by atoms with E-state index in [0.29, 0.717) is 11.3 Å². The zero-order valence-electron chi connectivity index (χ0n) is 12.9. The lowest BCUT2D eigenvalue weighted by molar-refractivity contribution is -0.187. The minimum absolute atomic E-state index is 0.0893. The van der Waals surface area contributed by atoms with Crippen LogP contribution in [0.1, 0.15) is 60.3 Å². The molecule has 2 bridgehead atoms. The summed E-state index contributed by atoms with van der Waals surface area (Å²) in [6.07, 6.45) is 7.27. The van der Waals surface area contributed by atoms with E-state index in [1.54, 1.807) is 12.5 Å². The minimum Gasteiger partial charge on any atom is -0.462 e. The summed E-state index contributed by atoms with van der Waals surface area (Å²) in [5.41, 5.74) is 2.20. The predicted molar refractivity (Wildman–Crippen MR) is 75.6 cm³/mol. The Morgan fingerprint density at radius 1 is 1.32 bits per heavy atom. The molecule has 0 saturated heterocycles. The van der Waals surface area contributed by atoms with E-state index in [-0.39, 0.29) is 22.9 Å². The number of hydrogen-bond acceptors (Lipinski definition) is 2. The molecule has 0 aromatic carbocycles. The van der Waals surface area contributed by atoms with Gasteiger partial charge in [-0.1, -0.05) is 39.3 Å². The van der Waals surface area contributed by atoms with Crippen LogP contribution in [0, 0.1) is 22.2 Å². The van der Waals surface area contributed by atoms with Gasteiger partial charge in [0.1, 0.15) is 6.10 Å². The molecule has 0 radical (unpaired) electrons. The average molecular weight is 262 g/mol. The fourth-order valence-corrected chi connectivity index (χ4v) is 5.26. The maximum atomic E-state index is 11.5. The molecule has 4 aliphatic carbocycles. The van der Waals surface area contributed by atoms with Crippen molar-refractivity contribution < 1.29 is 9.53 Å². The third-order valence-corrected chi connectivity index (χ3v) is 6.92. The van der Waals surface area contributed by atoms with Gasteiger partial charge in [0.05, 0.1) is 0 Å². The van der Waals surface area contributed by atoms with Gasteiger partial charge in [0.2, 0.25) is 0 Å². The fraction of sp³-hybridized carbons (Fsp3) is 0.824. The Balaban J connectivity index is 2.08. The summed E-state index contributed by atoms with van der Waals surface area (Å²) in [7, 11) is 0. The Hall–Kier alpha value is -0.790. The van der Waals surface area contributed by atoms with Crippen LogP contribution < -0.4 is 0 Å². The zero-order valence-corrected chi connectivity index (χ0v) is 12.9. The predicted octanol–water partition coefficient (Wildman–Crippen LogP) is 4.10. The van der Waals surface area contributed by atoms with Gasteiger partial charge in [0.15, 0.2) is 0 Å². The molecule has 0 amide bonds. The fourth-order valence-electron chi connectivity index (χ4n) is 5.26. The summed E-state index contributed by atoms with van der Waals surface area (Å²) in [5.74, 6) is 0.576. The maximum Gasteiger partial charge on any atom is 0.302 e. The highest BCUT2D eigenvalue weighted by atomic mass is 16.5. The van der Waals surface area contributed by atoms with Gasteiger partial charge in [-0.05, 0) is 42.4 Å². The maximum absolute atomic E-state index is 11.5. The van der Waals surface area contributed by atoms with Gasteiger partial charge >= 0.3 is 5.97 Å². The number of esters is 1. The Morgan fingerprint density at radius 2 is 2.00 bits per heavy atom. The van der Waals surface area contributed by atoms with Crippen LogP contribution in [0.25, 0.3) is 0 Å². The highest BCUT2D eigenvalue weighted by molar-refractivity contribution is 5.66. The zero-order chi connectivity index (χ0) is 14.1. The topological polar surface area (TPSA) is 26.3 Å². The first-order valence-electron chi connectivity index (χ1n) is 7.62. The van der Waals surface area contributed by atoms with Crippen LogP contribution in [0.15, 0.2) is 11.6 Å². The van der Waals surface area contributed by atoms with Crippen LogP contribution in [0.4, 0.5) is 0 Å². The molecule has 2 nitrogen and oxygen atoms in total. The first-order chi connectivity index (χ1) is 8.74. The van der Waals surface area contributed by atoms with E-state index in [1.165, 1.54) is 19.3 Å². The van der Waals surface area contributed by atoms with Crippen LogP contribution >= 0.6 is 0 Å². The Labute approximate surface area is 116 Å². The highest BCUT2D eigenvalue weighted by Crippen LogP contribution is 2.72. The van der Waals surface area contributed by atoms with Crippen LogP contribution in [0.5, 0.6) is 0 Å². The normalized spacial score (nSPS) is 46.7. The lowest BCUT2D eigenvalue weighted by atomic mass is 9.40. The first-order valence-corrected chi connectivity index (χ1v) is 7.62. The van der Waals surface area contributed by atoms with Gasteiger partial charge < -0.3 is 4.74 Å². The molecule has 1 spiro atoms. The van der Waals surface area contributed by atoms with E-state index < -0.39 is 0 Å². The number of fused-ring (bicyclic) bond motifs is 2. The van der Waals surface area contributed by atoms with Crippen LogP contribution in [0.3, 0.4) is 0 Å². The molecule has 0 aliphatic heterocycles. The molecule has 106 valence electrons. The van der Waals surface area contributed by atoms with Crippen molar-refractivity contribution >= 4 is 5.97 Å². The van der Waals surface area contributed by atoms with E-state index in [9.17, 15) is 4.79 Å². The molecular weight excluding hydrogens is 236 g/mol. The van der Waals surface area contributed by atoms with Crippen molar-refractivity contribution in [1.29, 1.82) is 0 Å². The van der Waals surface area contributed by atoms with Crippen molar-refractivity contribution in [1.82, 2.24) is 0 Å². The smallest absolute Gasteiger partial charge is 0.302 e. The number of ether oxygens (including phenoxy) is 1. The van der Waals surface area contributed by atoms with Crippen molar-refractivity contribution in [2.45, 2.75) is 66.4 Å². The lowest BCUT2D eigenvalue weighted by Gasteiger charge is -2.65. The third-order valence-electron chi connectivity index (χ3n) is 6.92. The highest BCUT2D eigenvalue weighted by Gasteiger charge is 2.67. The first kappa shape index (κ1) is 13.2. The summed E-state index contributed by atoms with van der Waals surface area (Å²) in [6.45, 7) is 11.0. The van der Waals surface area contributed by atoms with E-state index >= 15 is 0 Å². The summed E-state index contributed by atoms with van der Waals surface area (Å²) >= 11 is 0. The van der Waals surface area contributed by atoms with Crippen molar-refractivity contribution in [3.63, 3.8) is 0 Å². The summed E-state index contributed by atoms with van der Waals surface area (Å²) in [5, 5.41) is 0. The standard InChI is InChI=1S/C17H26O2/c1-11-6-7-13-15(3,4)16(5)8-9-17(11,13)10-14(16)19-12(2)18/h7,11,14H,6,8-10H2,1-5H3/t11?,14-,16+,17-/m1/s1. The second-order valence-corrected chi connectivity index (χ2v) is 7.76. The van der Waals surface area contributed by atoms with Crippen molar-refractivity contribution in [3.05, 3.63) is 11.6 Å². The van der Waals surface area contributed by atoms with E-state index in [0.717, 1.165) is 6.42 Å². The number of hydrogen-bond donors (Lipinski definition) is 0. The van der Waals surface area contributed by atoms with Crippen LogP contribution in [-0.4, -0.2) is 12.1 Å². The SMILES string of the molecule is CC(=O)O[C@@H]1C[C@@]23CC[C@]1(C)C(C)(C)C2=CCC3C. The summed E-state index contributed by atoms with van der Waals surface area (Å²) in [4.78, 5) is 11.5. The summed E-state index contributed by atoms with van der Waals surface area (Å²) in [6, 6.07) is 0. The van der Waals surface area contributed by atoms with E-state index in [2.05, 4.69) is 33.8 Å². The van der Waals surface area contributed by atoms with E-state index in [1.807, 2.05) is 0 Å². The average Bonchev–Trinajstić information content (AvgIpc) is 2.61. The largest absolute Gasteiger partial charge is 0.462 e. The molecule has 0 N–H and O–H groups in total. The quantitative estimate of drug-likeness (QED) is 0.525. The Kier molecular flexibility index (Phi) is 2.54. The molecule has 2 heteroatoms. The molecule has 1 unspecified atom stereocenters. The van der Waals surface area contributed by atoms with Gasteiger partial charge in [0, 0.05) is 12.3 Å². The number of carbonyl (C=O) groups is 1. The second kappa shape index (κ2) is 3.65. The molecule has 4 rings (SSSR count). The molecule has 0 heterocycles. The number of allylic oxidation sites excluding steroid dienone is 2. The van der Waals surface area contributed by atoms with Gasteiger partial charge in [-0.25, -0.2) is 0 Å².